The van der Waals surface area contributed by atoms with E-state index >= 15 is 0 Å². The van der Waals surface area contributed by atoms with Gasteiger partial charge in [0.2, 0.25) is 0 Å². The molecular formula is C20H21NO2. The lowest BCUT2D eigenvalue weighted by Crippen LogP contribution is -2.35. The Morgan fingerprint density at radius 3 is 1.91 bits per heavy atom. The quantitative estimate of drug-likeness (QED) is 0.795. The summed E-state index contributed by atoms with van der Waals surface area (Å²) in [5.41, 5.74) is 2.49. The van der Waals surface area contributed by atoms with Crippen LogP contribution < -0.4 is 0 Å². The average Bonchev–Trinajstić information content (AvgIpc) is 3.23. The summed E-state index contributed by atoms with van der Waals surface area (Å²) in [5.74, 6) is 0.748. The standard InChI is InChI=1S/C20H21NO2/c1-14(22)18-20(17-12-23-13-17)21(18)19(15-8-4-2-5-9-15)16-10-6-3-7-11-16/h2-11,17-20H,12-13H2,1H3/t18-,20-,21?/m1/s1. The summed E-state index contributed by atoms with van der Waals surface area (Å²) in [7, 11) is 0. The molecule has 2 aromatic carbocycles. The van der Waals surface area contributed by atoms with Gasteiger partial charge in [0.25, 0.3) is 0 Å². The molecule has 0 aromatic heterocycles. The third-order valence-corrected chi connectivity index (χ3v) is 4.99. The van der Waals surface area contributed by atoms with Crippen molar-refractivity contribution in [1.82, 2.24) is 4.90 Å². The number of hydrogen-bond acceptors (Lipinski definition) is 3. The van der Waals surface area contributed by atoms with Gasteiger partial charge in [-0.1, -0.05) is 60.7 Å². The van der Waals surface area contributed by atoms with E-state index in [1.807, 2.05) is 12.1 Å². The zero-order valence-corrected chi connectivity index (χ0v) is 13.3. The van der Waals surface area contributed by atoms with Crippen LogP contribution in [0.2, 0.25) is 0 Å². The van der Waals surface area contributed by atoms with E-state index in [1.54, 1.807) is 6.92 Å². The first-order chi connectivity index (χ1) is 11.3. The van der Waals surface area contributed by atoms with Gasteiger partial charge in [0, 0.05) is 12.0 Å². The van der Waals surface area contributed by atoms with E-state index < -0.39 is 0 Å². The normalized spacial score (nSPS) is 26.8. The van der Waals surface area contributed by atoms with Crippen molar-refractivity contribution in [1.29, 1.82) is 0 Å². The molecule has 1 unspecified atom stereocenters. The van der Waals surface area contributed by atoms with Crippen molar-refractivity contribution in [2.24, 2.45) is 5.92 Å². The summed E-state index contributed by atoms with van der Waals surface area (Å²) in [6.07, 6.45) is 0. The number of benzene rings is 2. The molecule has 4 rings (SSSR count). The second-order valence-corrected chi connectivity index (χ2v) is 6.51. The molecule has 2 fully saturated rings. The zero-order chi connectivity index (χ0) is 15.8. The van der Waals surface area contributed by atoms with Crippen LogP contribution in [0.5, 0.6) is 0 Å². The number of rotatable bonds is 5. The smallest absolute Gasteiger partial charge is 0.148 e. The van der Waals surface area contributed by atoms with Gasteiger partial charge >= 0.3 is 0 Å². The van der Waals surface area contributed by atoms with Crippen molar-refractivity contribution < 1.29 is 9.53 Å². The molecule has 3 nitrogen and oxygen atoms in total. The Bertz CT molecular complexity index is 642. The van der Waals surface area contributed by atoms with Gasteiger partial charge in [-0.3, -0.25) is 9.69 Å². The minimum atomic E-state index is 0.0225. The van der Waals surface area contributed by atoms with E-state index in [-0.39, 0.29) is 17.9 Å². The van der Waals surface area contributed by atoms with Gasteiger partial charge in [-0.15, -0.1) is 0 Å². The van der Waals surface area contributed by atoms with Crippen LogP contribution in [0.1, 0.15) is 24.1 Å². The van der Waals surface area contributed by atoms with E-state index in [0.29, 0.717) is 12.0 Å². The van der Waals surface area contributed by atoms with Gasteiger partial charge < -0.3 is 4.74 Å². The van der Waals surface area contributed by atoms with Gasteiger partial charge in [0.05, 0.1) is 25.3 Å². The van der Waals surface area contributed by atoms with Crippen LogP contribution in [0.3, 0.4) is 0 Å². The Hall–Kier alpha value is -1.97. The van der Waals surface area contributed by atoms with E-state index in [4.69, 9.17) is 4.74 Å². The number of Topliss-reactive ketones (excluding diaryl/α,β-unsaturated/α-hetero) is 1. The summed E-state index contributed by atoms with van der Waals surface area (Å²) >= 11 is 0. The maximum atomic E-state index is 12.2. The van der Waals surface area contributed by atoms with Crippen molar-refractivity contribution in [3.63, 3.8) is 0 Å². The summed E-state index contributed by atoms with van der Waals surface area (Å²) in [5, 5.41) is 0. The van der Waals surface area contributed by atoms with Crippen molar-refractivity contribution >= 4 is 5.78 Å². The average molecular weight is 307 g/mol. The molecule has 2 aromatic rings. The Kier molecular flexibility index (Phi) is 3.76. The predicted octanol–water partition coefficient (Wildman–Crippen LogP) is 3.06. The molecule has 23 heavy (non-hydrogen) atoms. The number of carbonyl (C=O) groups is 1. The van der Waals surface area contributed by atoms with Crippen LogP contribution in [0, 0.1) is 5.92 Å². The molecule has 3 heteroatoms. The van der Waals surface area contributed by atoms with E-state index in [2.05, 4.69) is 53.4 Å². The lowest BCUT2D eigenvalue weighted by atomic mass is 9.97. The second-order valence-electron chi connectivity index (χ2n) is 6.51. The SMILES string of the molecule is CC(=O)[C@@H]1[C@@H](C2COC2)N1C(c1ccccc1)c1ccccc1. The van der Waals surface area contributed by atoms with Gasteiger partial charge in [-0.05, 0) is 18.1 Å². The summed E-state index contributed by atoms with van der Waals surface area (Å²) < 4.78 is 5.37. The molecule has 0 N–H and O–H groups in total. The van der Waals surface area contributed by atoms with Crippen LogP contribution in [-0.4, -0.2) is 36.0 Å². The van der Waals surface area contributed by atoms with Crippen LogP contribution in [0.15, 0.2) is 60.7 Å². The number of nitrogens with zero attached hydrogens (tertiary/aromatic N) is 1. The number of ketones is 1. The summed E-state index contributed by atoms with van der Waals surface area (Å²) in [4.78, 5) is 14.5. The van der Waals surface area contributed by atoms with Crippen molar-refractivity contribution in [2.75, 3.05) is 13.2 Å². The van der Waals surface area contributed by atoms with Crippen molar-refractivity contribution in [3.05, 3.63) is 71.8 Å². The molecule has 0 spiro atoms. The van der Waals surface area contributed by atoms with E-state index in [1.165, 1.54) is 11.1 Å². The lowest BCUT2D eigenvalue weighted by molar-refractivity contribution is -0.117. The Labute approximate surface area is 136 Å². The molecule has 2 aliphatic rings. The lowest BCUT2D eigenvalue weighted by Gasteiger charge is -2.28. The maximum Gasteiger partial charge on any atom is 0.148 e. The number of ether oxygens (including phenoxy) is 1. The largest absolute Gasteiger partial charge is 0.381 e. The van der Waals surface area contributed by atoms with Crippen LogP contribution in [0.4, 0.5) is 0 Å². The molecule has 0 bridgehead atoms. The highest BCUT2D eigenvalue weighted by Gasteiger charge is 2.59. The fourth-order valence-corrected chi connectivity index (χ4v) is 3.81. The van der Waals surface area contributed by atoms with Gasteiger partial charge in [-0.25, -0.2) is 0 Å². The Morgan fingerprint density at radius 2 is 1.52 bits per heavy atom. The fraction of sp³-hybridized carbons (Fsp3) is 0.350. The number of hydrogen-bond donors (Lipinski definition) is 0. The first-order valence-electron chi connectivity index (χ1n) is 8.23. The summed E-state index contributed by atoms with van der Waals surface area (Å²) in [6.45, 7) is 3.27. The van der Waals surface area contributed by atoms with Crippen molar-refractivity contribution in [3.8, 4) is 0 Å². The van der Waals surface area contributed by atoms with Gasteiger partial charge in [-0.2, -0.15) is 0 Å². The fourth-order valence-electron chi connectivity index (χ4n) is 3.81. The Balaban J connectivity index is 1.72. The molecule has 0 saturated carbocycles. The maximum absolute atomic E-state index is 12.2. The molecule has 3 atom stereocenters. The van der Waals surface area contributed by atoms with Crippen LogP contribution in [-0.2, 0) is 9.53 Å². The summed E-state index contributed by atoms with van der Waals surface area (Å²) in [6, 6.07) is 21.4. The molecule has 2 saturated heterocycles. The van der Waals surface area contributed by atoms with E-state index in [0.717, 1.165) is 13.2 Å². The third kappa shape index (κ3) is 2.60. The van der Waals surface area contributed by atoms with Crippen molar-refractivity contribution in [2.45, 2.75) is 25.0 Å². The Morgan fingerprint density at radius 1 is 1.00 bits per heavy atom. The highest BCUT2D eigenvalue weighted by molar-refractivity contribution is 5.85. The highest BCUT2D eigenvalue weighted by atomic mass is 16.5. The first-order valence-corrected chi connectivity index (χ1v) is 8.23. The minimum absolute atomic E-state index is 0.0225. The molecule has 0 aliphatic carbocycles. The monoisotopic (exact) mass is 307 g/mol. The molecule has 2 heterocycles. The van der Waals surface area contributed by atoms with Crippen LogP contribution >= 0.6 is 0 Å². The minimum Gasteiger partial charge on any atom is -0.381 e. The third-order valence-electron chi connectivity index (χ3n) is 4.99. The van der Waals surface area contributed by atoms with Gasteiger partial charge in [0.1, 0.15) is 5.78 Å². The molecule has 2 aliphatic heterocycles. The number of carbonyl (C=O) groups excluding carboxylic acids is 1. The van der Waals surface area contributed by atoms with E-state index in [9.17, 15) is 4.79 Å². The molecular weight excluding hydrogens is 286 g/mol. The zero-order valence-electron chi connectivity index (χ0n) is 13.3. The van der Waals surface area contributed by atoms with Crippen LogP contribution in [0.25, 0.3) is 0 Å². The molecule has 0 radical (unpaired) electrons. The molecule has 0 amide bonds. The predicted molar refractivity (Wildman–Crippen MR) is 89.1 cm³/mol. The topological polar surface area (TPSA) is 29.3 Å². The first kappa shape index (κ1) is 14.6. The highest BCUT2D eigenvalue weighted by Crippen LogP contribution is 2.47. The van der Waals surface area contributed by atoms with Gasteiger partial charge in [0.15, 0.2) is 0 Å². The second kappa shape index (κ2) is 5.91. The molecule has 118 valence electrons.